The lowest BCUT2D eigenvalue weighted by molar-refractivity contribution is -0.278. The Morgan fingerprint density at radius 3 is 2.35 bits per heavy atom. The minimum atomic E-state index is -4.95. The summed E-state index contributed by atoms with van der Waals surface area (Å²) >= 11 is 0. The average molecular weight is 372 g/mol. The van der Waals surface area contributed by atoms with Gasteiger partial charge < -0.3 is 9.47 Å². The van der Waals surface area contributed by atoms with Gasteiger partial charge in [-0.3, -0.25) is 0 Å². The SMILES string of the molecule is C=CCC[C@H](CCCCC)OC(=O)[C@@](OC)(c1ccccc1)C(F)(F)F. The number of benzene rings is 1. The molecule has 3 nitrogen and oxygen atoms in total. The van der Waals surface area contributed by atoms with E-state index >= 15 is 0 Å². The number of halogens is 3. The second kappa shape index (κ2) is 10.4. The maximum Gasteiger partial charge on any atom is 0.432 e. The predicted molar refractivity (Wildman–Crippen MR) is 94.6 cm³/mol. The van der Waals surface area contributed by atoms with Crippen molar-refractivity contribution in [3.63, 3.8) is 0 Å². The van der Waals surface area contributed by atoms with E-state index in [2.05, 4.69) is 6.58 Å². The Balaban J connectivity index is 3.12. The number of allylic oxidation sites excluding steroid dienone is 1. The topological polar surface area (TPSA) is 35.5 Å². The molecule has 0 heterocycles. The van der Waals surface area contributed by atoms with E-state index in [4.69, 9.17) is 9.47 Å². The number of esters is 1. The highest BCUT2D eigenvalue weighted by molar-refractivity contribution is 5.82. The summed E-state index contributed by atoms with van der Waals surface area (Å²) in [7, 11) is 0.873. The van der Waals surface area contributed by atoms with Crippen molar-refractivity contribution in [2.75, 3.05) is 7.11 Å². The summed E-state index contributed by atoms with van der Waals surface area (Å²) in [4.78, 5) is 12.7. The molecule has 1 aromatic carbocycles. The standard InChI is InChI=1S/C20H27F3O3/c1-4-6-9-15-17(14-7-5-2)26-18(24)19(25-3,20(21,22)23)16-12-10-8-11-13-16/h5,8,10-13,17H,2,4,6-7,9,14-15H2,1,3H3/t17-,19+/m1/s1. The van der Waals surface area contributed by atoms with Crippen molar-refractivity contribution in [2.45, 2.75) is 63.3 Å². The second-order valence-electron chi connectivity index (χ2n) is 6.14. The summed E-state index contributed by atoms with van der Waals surface area (Å²) in [6.07, 6.45) is 0.284. The van der Waals surface area contributed by atoms with E-state index < -0.39 is 23.9 Å². The number of alkyl halides is 3. The highest BCUT2D eigenvalue weighted by atomic mass is 19.4. The largest absolute Gasteiger partial charge is 0.460 e. The van der Waals surface area contributed by atoms with E-state index in [1.54, 1.807) is 12.1 Å². The molecular formula is C20H27F3O3. The molecule has 6 heteroatoms. The molecule has 0 spiro atoms. The molecule has 26 heavy (non-hydrogen) atoms. The fraction of sp³-hybridized carbons (Fsp3) is 0.550. The third kappa shape index (κ3) is 5.34. The first-order chi connectivity index (χ1) is 12.3. The lowest BCUT2D eigenvalue weighted by Crippen LogP contribution is -2.52. The highest BCUT2D eigenvalue weighted by Gasteiger charge is 2.64. The molecule has 1 rings (SSSR count). The van der Waals surface area contributed by atoms with Crippen molar-refractivity contribution in [3.8, 4) is 0 Å². The van der Waals surface area contributed by atoms with Crippen LogP contribution in [-0.4, -0.2) is 25.4 Å². The van der Waals surface area contributed by atoms with Gasteiger partial charge in [-0.15, -0.1) is 6.58 Å². The van der Waals surface area contributed by atoms with E-state index in [1.807, 2.05) is 6.92 Å². The van der Waals surface area contributed by atoms with Crippen LogP contribution in [0, 0.1) is 0 Å². The van der Waals surface area contributed by atoms with Gasteiger partial charge in [0.15, 0.2) is 0 Å². The molecule has 0 saturated carbocycles. The summed E-state index contributed by atoms with van der Waals surface area (Å²) in [6.45, 7) is 5.64. The Kier molecular flexibility index (Phi) is 8.85. The molecule has 0 radical (unpaired) electrons. The van der Waals surface area contributed by atoms with Gasteiger partial charge in [-0.2, -0.15) is 13.2 Å². The number of hydrogen-bond donors (Lipinski definition) is 0. The third-order valence-electron chi connectivity index (χ3n) is 4.27. The van der Waals surface area contributed by atoms with Crippen LogP contribution in [0.15, 0.2) is 43.0 Å². The van der Waals surface area contributed by atoms with Crippen LogP contribution >= 0.6 is 0 Å². The van der Waals surface area contributed by atoms with Crippen molar-refractivity contribution in [3.05, 3.63) is 48.6 Å². The number of rotatable bonds is 11. The molecule has 146 valence electrons. The van der Waals surface area contributed by atoms with E-state index in [0.29, 0.717) is 19.3 Å². The van der Waals surface area contributed by atoms with Gasteiger partial charge in [-0.25, -0.2) is 4.79 Å². The molecule has 1 aromatic rings. The van der Waals surface area contributed by atoms with Gasteiger partial charge in [0.25, 0.3) is 5.60 Å². The third-order valence-corrected chi connectivity index (χ3v) is 4.27. The Bertz CT molecular complexity index is 557. The Hall–Kier alpha value is -1.82. The first-order valence-electron chi connectivity index (χ1n) is 8.82. The predicted octanol–water partition coefficient (Wildman–Crippen LogP) is 5.55. The number of unbranched alkanes of at least 4 members (excludes halogenated alkanes) is 2. The Morgan fingerprint density at radius 1 is 1.19 bits per heavy atom. The molecule has 0 aliphatic heterocycles. The zero-order valence-electron chi connectivity index (χ0n) is 15.3. The lowest BCUT2D eigenvalue weighted by Gasteiger charge is -2.33. The van der Waals surface area contributed by atoms with Gasteiger partial charge in [0, 0.05) is 12.7 Å². The number of carbonyl (C=O) groups is 1. The number of carbonyl (C=O) groups excluding carboxylic acids is 1. The fourth-order valence-electron chi connectivity index (χ4n) is 2.81. The fourth-order valence-corrected chi connectivity index (χ4v) is 2.81. The van der Waals surface area contributed by atoms with Crippen molar-refractivity contribution in [1.82, 2.24) is 0 Å². The molecule has 0 aliphatic carbocycles. The van der Waals surface area contributed by atoms with Crippen molar-refractivity contribution < 1.29 is 27.4 Å². The minimum Gasteiger partial charge on any atom is -0.460 e. The Labute approximate surface area is 153 Å². The van der Waals surface area contributed by atoms with Crippen LogP contribution < -0.4 is 0 Å². The van der Waals surface area contributed by atoms with Gasteiger partial charge in [-0.05, 0) is 25.7 Å². The lowest BCUT2D eigenvalue weighted by atomic mass is 9.92. The van der Waals surface area contributed by atoms with Crippen LogP contribution in [0.2, 0.25) is 0 Å². The van der Waals surface area contributed by atoms with Crippen molar-refractivity contribution >= 4 is 5.97 Å². The normalized spacial score (nSPS) is 15.1. The molecule has 0 amide bonds. The maximum absolute atomic E-state index is 13.9. The van der Waals surface area contributed by atoms with Crippen LogP contribution in [0.3, 0.4) is 0 Å². The first-order valence-corrected chi connectivity index (χ1v) is 8.82. The maximum atomic E-state index is 13.9. The number of hydrogen-bond acceptors (Lipinski definition) is 3. The van der Waals surface area contributed by atoms with E-state index in [-0.39, 0.29) is 5.56 Å². The second-order valence-corrected chi connectivity index (χ2v) is 6.14. The summed E-state index contributed by atoms with van der Waals surface area (Å²) in [5.41, 5.74) is -3.43. The average Bonchev–Trinajstić information content (AvgIpc) is 2.60. The monoisotopic (exact) mass is 372 g/mol. The first kappa shape index (κ1) is 22.2. The van der Waals surface area contributed by atoms with E-state index in [9.17, 15) is 18.0 Å². The van der Waals surface area contributed by atoms with Crippen LogP contribution in [0.25, 0.3) is 0 Å². The van der Waals surface area contributed by atoms with Crippen LogP contribution in [0.4, 0.5) is 13.2 Å². The minimum absolute atomic E-state index is 0.295. The van der Waals surface area contributed by atoms with Crippen molar-refractivity contribution in [1.29, 1.82) is 0 Å². The number of ether oxygens (including phenoxy) is 2. The zero-order valence-corrected chi connectivity index (χ0v) is 15.3. The molecule has 0 N–H and O–H groups in total. The van der Waals surface area contributed by atoms with E-state index in [0.717, 1.165) is 26.4 Å². The smallest absolute Gasteiger partial charge is 0.432 e. The quantitative estimate of drug-likeness (QED) is 0.290. The van der Waals surface area contributed by atoms with Gasteiger partial charge in [0.2, 0.25) is 0 Å². The summed E-state index contributed by atoms with van der Waals surface area (Å²) in [5, 5.41) is 0. The van der Waals surface area contributed by atoms with Gasteiger partial charge in [0.05, 0.1) is 0 Å². The molecule has 0 saturated heterocycles. The van der Waals surface area contributed by atoms with Crippen LogP contribution in [0.5, 0.6) is 0 Å². The van der Waals surface area contributed by atoms with Gasteiger partial charge in [-0.1, -0.05) is 56.2 Å². The van der Waals surface area contributed by atoms with Crippen LogP contribution in [-0.2, 0) is 19.9 Å². The highest BCUT2D eigenvalue weighted by Crippen LogP contribution is 2.43. The van der Waals surface area contributed by atoms with Crippen molar-refractivity contribution in [2.24, 2.45) is 0 Å². The van der Waals surface area contributed by atoms with E-state index in [1.165, 1.54) is 24.3 Å². The summed E-state index contributed by atoms with van der Waals surface area (Å²) in [6, 6.07) is 6.86. The zero-order chi connectivity index (χ0) is 19.6. The van der Waals surface area contributed by atoms with Crippen LogP contribution in [0.1, 0.15) is 51.0 Å². The summed E-state index contributed by atoms with van der Waals surface area (Å²) in [5.74, 6) is -1.43. The molecule has 0 bridgehead atoms. The molecular weight excluding hydrogens is 345 g/mol. The molecule has 0 fully saturated rings. The summed E-state index contributed by atoms with van der Waals surface area (Å²) < 4.78 is 51.7. The molecule has 0 unspecified atom stereocenters. The molecule has 2 atom stereocenters. The molecule has 0 aromatic heterocycles. The van der Waals surface area contributed by atoms with Gasteiger partial charge in [0.1, 0.15) is 6.10 Å². The Morgan fingerprint density at radius 2 is 1.85 bits per heavy atom. The number of methoxy groups -OCH3 is 1. The molecule has 0 aliphatic rings. The van der Waals surface area contributed by atoms with Gasteiger partial charge >= 0.3 is 12.1 Å².